The van der Waals surface area contributed by atoms with Gasteiger partial charge in [0.25, 0.3) is 0 Å². The molecular formula is C22H23ClFNO5. The van der Waals surface area contributed by atoms with Crippen molar-refractivity contribution in [3.63, 3.8) is 0 Å². The highest BCUT2D eigenvalue weighted by Crippen LogP contribution is 2.56. The van der Waals surface area contributed by atoms with E-state index in [0.717, 1.165) is 31.4 Å². The molecular weight excluding hydrogens is 413 g/mol. The molecule has 0 spiro atoms. The fourth-order valence-electron chi connectivity index (χ4n) is 5.25. The van der Waals surface area contributed by atoms with Crippen LogP contribution in [0.15, 0.2) is 24.3 Å². The van der Waals surface area contributed by atoms with E-state index < -0.39 is 23.7 Å². The number of carbonyl (C=O) groups excluding carboxylic acids is 4. The summed E-state index contributed by atoms with van der Waals surface area (Å²) >= 11 is 5.74. The van der Waals surface area contributed by atoms with Gasteiger partial charge in [-0.3, -0.25) is 24.1 Å². The molecule has 30 heavy (non-hydrogen) atoms. The van der Waals surface area contributed by atoms with Gasteiger partial charge in [-0.15, -0.1) is 11.6 Å². The summed E-state index contributed by atoms with van der Waals surface area (Å²) in [5.41, 5.74) is 0.215. The van der Waals surface area contributed by atoms with Gasteiger partial charge in [0.15, 0.2) is 6.10 Å². The number of likely N-dealkylation sites (tertiary alicyclic amines) is 1. The maximum absolute atomic E-state index is 13.1. The Kier molecular flexibility index (Phi) is 5.91. The minimum absolute atomic E-state index is 0.0404. The predicted molar refractivity (Wildman–Crippen MR) is 105 cm³/mol. The molecule has 2 saturated carbocycles. The summed E-state index contributed by atoms with van der Waals surface area (Å²) < 4.78 is 18.4. The number of ether oxygens (including phenoxy) is 1. The van der Waals surface area contributed by atoms with Crippen molar-refractivity contribution in [3.8, 4) is 0 Å². The van der Waals surface area contributed by atoms with Crippen molar-refractivity contribution in [1.82, 2.24) is 4.90 Å². The highest BCUT2D eigenvalue weighted by molar-refractivity contribution is 6.18. The third kappa shape index (κ3) is 3.75. The van der Waals surface area contributed by atoms with Crippen LogP contribution in [0, 0.1) is 29.5 Å². The van der Waals surface area contributed by atoms with E-state index in [4.69, 9.17) is 16.3 Å². The number of Topliss-reactive ketones (excluding diaryl/α,β-unsaturated/α-hetero) is 1. The first kappa shape index (κ1) is 21.0. The lowest BCUT2D eigenvalue weighted by Crippen LogP contribution is -2.36. The Balaban J connectivity index is 1.35. The molecule has 0 radical (unpaired) electrons. The Morgan fingerprint density at radius 3 is 2.27 bits per heavy atom. The van der Waals surface area contributed by atoms with Crippen molar-refractivity contribution in [3.05, 3.63) is 35.6 Å². The second-order valence-corrected chi connectivity index (χ2v) is 8.67. The lowest BCUT2D eigenvalue weighted by molar-refractivity contribution is -0.148. The van der Waals surface area contributed by atoms with E-state index in [1.54, 1.807) is 0 Å². The van der Waals surface area contributed by atoms with E-state index in [1.807, 2.05) is 0 Å². The third-order valence-electron chi connectivity index (χ3n) is 6.62. The molecule has 1 saturated heterocycles. The molecule has 2 aliphatic carbocycles. The van der Waals surface area contributed by atoms with Crippen LogP contribution in [0.25, 0.3) is 0 Å². The topological polar surface area (TPSA) is 80.8 Å². The van der Waals surface area contributed by atoms with Gasteiger partial charge in [0.2, 0.25) is 17.6 Å². The normalized spacial score (nSPS) is 28.0. The van der Waals surface area contributed by atoms with E-state index in [0.29, 0.717) is 0 Å². The maximum Gasteiger partial charge on any atom is 0.308 e. The lowest BCUT2D eigenvalue weighted by atomic mass is 9.81. The average molecular weight is 436 g/mol. The zero-order valence-electron chi connectivity index (χ0n) is 16.4. The largest absolute Gasteiger partial charge is 0.454 e. The number of ketones is 1. The molecule has 4 rings (SSSR count). The van der Waals surface area contributed by atoms with Crippen LogP contribution < -0.4 is 0 Å². The van der Waals surface area contributed by atoms with Crippen molar-refractivity contribution >= 4 is 35.2 Å². The van der Waals surface area contributed by atoms with Crippen LogP contribution in [0.1, 0.15) is 42.5 Å². The molecule has 1 aromatic carbocycles. The first-order valence-corrected chi connectivity index (χ1v) is 10.8. The fourth-order valence-corrected chi connectivity index (χ4v) is 5.45. The number of halogens is 2. The molecule has 6 nitrogen and oxygen atoms in total. The minimum Gasteiger partial charge on any atom is -0.454 e. The summed E-state index contributed by atoms with van der Waals surface area (Å²) in [6.07, 6.45) is 1.77. The summed E-state index contributed by atoms with van der Waals surface area (Å²) in [5, 5.41) is 0. The van der Waals surface area contributed by atoms with E-state index in [9.17, 15) is 23.6 Å². The molecule has 1 aromatic rings. The second-order valence-electron chi connectivity index (χ2n) is 8.29. The molecule has 160 valence electrons. The summed E-state index contributed by atoms with van der Waals surface area (Å²) in [5.74, 6) is -1.76. The monoisotopic (exact) mass is 435 g/mol. The average Bonchev–Trinajstić information content (AvgIpc) is 3.40. The Hall–Kier alpha value is -2.28. The molecule has 8 heteroatoms. The molecule has 3 fully saturated rings. The van der Waals surface area contributed by atoms with Crippen molar-refractivity contribution < 1.29 is 28.3 Å². The van der Waals surface area contributed by atoms with Crippen molar-refractivity contribution in [2.45, 2.75) is 38.2 Å². The Bertz CT molecular complexity index is 845. The molecule has 1 heterocycles. The Labute approximate surface area is 178 Å². The molecule has 0 N–H and O–H groups in total. The maximum atomic E-state index is 13.1. The van der Waals surface area contributed by atoms with E-state index in [-0.39, 0.29) is 66.3 Å². The SMILES string of the molecule is O=C(CCN1C(=O)[C@@H]2[C@@H]3CC[C@@H](C3)[C@@H]2C1=O)O[C@H](CCCl)C(=O)c1ccc(F)cc1. The Morgan fingerprint density at radius 2 is 1.70 bits per heavy atom. The zero-order chi connectivity index (χ0) is 21.4. The highest BCUT2D eigenvalue weighted by atomic mass is 35.5. The van der Waals surface area contributed by atoms with Crippen molar-refractivity contribution in [2.75, 3.05) is 12.4 Å². The van der Waals surface area contributed by atoms with Gasteiger partial charge >= 0.3 is 5.97 Å². The van der Waals surface area contributed by atoms with Gasteiger partial charge in [-0.25, -0.2) is 4.39 Å². The number of hydrogen-bond acceptors (Lipinski definition) is 5. The molecule has 2 bridgehead atoms. The van der Waals surface area contributed by atoms with E-state index in [2.05, 4.69) is 0 Å². The number of esters is 1. The van der Waals surface area contributed by atoms with Crippen LogP contribution >= 0.6 is 11.6 Å². The molecule has 1 aliphatic heterocycles. The van der Waals surface area contributed by atoms with Gasteiger partial charge < -0.3 is 4.74 Å². The fraction of sp³-hybridized carbons (Fsp3) is 0.545. The summed E-state index contributed by atoms with van der Waals surface area (Å²) in [4.78, 5) is 51.5. The molecule has 5 atom stereocenters. The van der Waals surface area contributed by atoms with Gasteiger partial charge in [0.1, 0.15) is 5.82 Å². The summed E-state index contributed by atoms with van der Waals surface area (Å²) in [7, 11) is 0. The van der Waals surface area contributed by atoms with Crippen LogP contribution in [0.3, 0.4) is 0 Å². The number of alkyl halides is 1. The van der Waals surface area contributed by atoms with Crippen molar-refractivity contribution in [1.29, 1.82) is 0 Å². The third-order valence-corrected chi connectivity index (χ3v) is 6.84. The molecule has 0 aromatic heterocycles. The van der Waals surface area contributed by atoms with Crippen LogP contribution in [-0.4, -0.2) is 47.0 Å². The molecule has 2 amide bonds. The summed E-state index contributed by atoms with van der Waals surface area (Å²) in [6.45, 7) is -0.0404. The predicted octanol–water partition coefficient (Wildman–Crippen LogP) is 2.97. The number of benzene rings is 1. The van der Waals surface area contributed by atoms with Gasteiger partial charge in [-0.05, 0) is 55.4 Å². The highest BCUT2D eigenvalue weighted by Gasteiger charge is 2.60. The number of fused-ring (bicyclic) bond motifs is 5. The van der Waals surface area contributed by atoms with Crippen LogP contribution in [0.2, 0.25) is 0 Å². The number of rotatable bonds is 8. The number of imide groups is 1. The van der Waals surface area contributed by atoms with Crippen LogP contribution in [-0.2, 0) is 19.1 Å². The zero-order valence-corrected chi connectivity index (χ0v) is 17.1. The van der Waals surface area contributed by atoms with E-state index in [1.165, 1.54) is 17.0 Å². The van der Waals surface area contributed by atoms with Crippen molar-refractivity contribution in [2.24, 2.45) is 23.7 Å². The second kappa shape index (κ2) is 8.46. The van der Waals surface area contributed by atoms with Gasteiger partial charge in [-0.2, -0.15) is 0 Å². The number of nitrogens with zero attached hydrogens (tertiary/aromatic N) is 1. The van der Waals surface area contributed by atoms with Crippen LogP contribution in [0.5, 0.6) is 0 Å². The standard InChI is InChI=1S/C22H23ClFNO5/c23-9-7-16(20(27)12-3-5-15(24)6-4-12)30-17(26)8-10-25-21(28)18-13-1-2-14(11-13)19(18)22(25)29/h3-6,13-14,16,18-19H,1-2,7-11H2/t13-,14+,16-,18-,19+/m1/s1. The quantitative estimate of drug-likeness (QED) is 0.271. The first-order valence-electron chi connectivity index (χ1n) is 10.3. The number of amides is 2. The number of carbonyl (C=O) groups is 4. The minimum atomic E-state index is -1.10. The van der Waals surface area contributed by atoms with Crippen LogP contribution in [0.4, 0.5) is 4.39 Å². The molecule has 0 unspecified atom stereocenters. The van der Waals surface area contributed by atoms with Gasteiger partial charge in [-0.1, -0.05) is 0 Å². The summed E-state index contributed by atoms with van der Waals surface area (Å²) in [6, 6.07) is 4.95. The Morgan fingerprint density at radius 1 is 1.10 bits per heavy atom. The number of hydrogen-bond donors (Lipinski definition) is 0. The molecule has 3 aliphatic rings. The van der Waals surface area contributed by atoms with E-state index >= 15 is 0 Å². The van der Waals surface area contributed by atoms with Gasteiger partial charge in [0, 0.05) is 24.4 Å². The van der Waals surface area contributed by atoms with Gasteiger partial charge in [0.05, 0.1) is 18.3 Å². The first-order chi connectivity index (χ1) is 14.4. The lowest BCUT2D eigenvalue weighted by Gasteiger charge is -2.19. The smallest absolute Gasteiger partial charge is 0.308 e.